The molecule has 13 nitrogen and oxygen atoms in total. The van der Waals surface area contributed by atoms with Crippen LogP contribution in [0.5, 0.6) is 0 Å². The van der Waals surface area contributed by atoms with Crippen LogP contribution in [0.25, 0.3) is 0 Å². The predicted molar refractivity (Wildman–Crippen MR) is 152 cm³/mol. The maximum atomic E-state index is 13.0. The van der Waals surface area contributed by atoms with Crippen LogP contribution in [0.15, 0.2) is 0 Å². The van der Waals surface area contributed by atoms with Gasteiger partial charge in [0.25, 0.3) is 0 Å². The van der Waals surface area contributed by atoms with Crippen LogP contribution in [0.1, 0.15) is 105 Å². The maximum absolute atomic E-state index is 13.0. The minimum absolute atomic E-state index is 0.0172. The number of carbonyl (C=O) groups is 4. The zero-order chi connectivity index (χ0) is 32.2. The van der Waals surface area contributed by atoms with E-state index in [1.54, 1.807) is 6.92 Å². The van der Waals surface area contributed by atoms with Gasteiger partial charge in [-0.15, -0.1) is 0 Å². The SMILES string of the molecule is CCCCCCCCCCCC(=O)O[C@@H]1[C@H](OC(=O)CCC)[C@H](OC[C@H](O)[C@H](O)CO)O[C@H](COC(C)=O)[C@H]1OC(C)=O. The summed E-state index contributed by atoms with van der Waals surface area (Å²) in [6, 6.07) is 0. The average Bonchev–Trinajstić information content (AvgIpc) is 2.95. The van der Waals surface area contributed by atoms with E-state index in [1.807, 2.05) is 0 Å². The summed E-state index contributed by atoms with van der Waals surface area (Å²) in [5, 5.41) is 29.0. The molecule has 1 rings (SSSR count). The van der Waals surface area contributed by atoms with E-state index in [-0.39, 0.29) is 12.8 Å². The van der Waals surface area contributed by atoms with Crippen molar-refractivity contribution in [3.05, 3.63) is 0 Å². The molecule has 7 atom stereocenters. The summed E-state index contributed by atoms with van der Waals surface area (Å²) >= 11 is 0. The molecule has 0 aromatic rings. The van der Waals surface area contributed by atoms with E-state index >= 15 is 0 Å². The van der Waals surface area contributed by atoms with Crippen LogP contribution in [0.2, 0.25) is 0 Å². The van der Waals surface area contributed by atoms with E-state index in [0.29, 0.717) is 12.8 Å². The molecule has 1 heterocycles. The molecule has 0 amide bonds. The Morgan fingerprint density at radius 3 is 1.84 bits per heavy atom. The number of esters is 4. The molecule has 1 aliphatic heterocycles. The van der Waals surface area contributed by atoms with Crippen molar-refractivity contribution in [3.8, 4) is 0 Å². The predicted octanol–water partition coefficient (Wildman–Crippen LogP) is 2.48. The van der Waals surface area contributed by atoms with Gasteiger partial charge in [0.2, 0.25) is 0 Å². The van der Waals surface area contributed by atoms with Gasteiger partial charge in [-0.25, -0.2) is 0 Å². The van der Waals surface area contributed by atoms with Crippen LogP contribution < -0.4 is 0 Å². The zero-order valence-corrected chi connectivity index (χ0v) is 26.1. The summed E-state index contributed by atoms with van der Waals surface area (Å²) in [7, 11) is 0. The van der Waals surface area contributed by atoms with E-state index in [4.69, 9.17) is 33.5 Å². The summed E-state index contributed by atoms with van der Waals surface area (Å²) in [5.41, 5.74) is 0. The van der Waals surface area contributed by atoms with Gasteiger partial charge in [-0.1, -0.05) is 65.2 Å². The number of carbonyl (C=O) groups excluding carboxylic acids is 4. The Morgan fingerprint density at radius 2 is 1.28 bits per heavy atom. The molecule has 1 saturated heterocycles. The number of unbranched alkanes of at least 4 members (excludes halogenated alkanes) is 8. The highest BCUT2D eigenvalue weighted by atomic mass is 16.7. The highest BCUT2D eigenvalue weighted by molar-refractivity contribution is 5.71. The first-order valence-corrected chi connectivity index (χ1v) is 15.5. The lowest BCUT2D eigenvalue weighted by Gasteiger charge is -2.44. The minimum atomic E-state index is -1.54. The Balaban J connectivity index is 3.12. The molecule has 0 unspecified atom stereocenters. The molecule has 1 aliphatic rings. The number of hydrogen-bond donors (Lipinski definition) is 3. The van der Waals surface area contributed by atoms with Crippen LogP contribution in [0, 0.1) is 0 Å². The summed E-state index contributed by atoms with van der Waals surface area (Å²) in [5.74, 6) is -2.69. The number of hydrogen-bond acceptors (Lipinski definition) is 13. The molecule has 0 aromatic heterocycles. The van der Waals surface area contributed by atoms with Crippen molar-refractivity contribution in [3.63, 3.8) is 0 Å². The fourth-order valence-electron chi connectivity index (χ4n) is 4.57. The van der Waals surface area contributed by atoms with Crippen molar-refractivity contribution in [1.82, 2.24) is 0 Å². The second-order valence-electron chi connectivity index (χ2n) is 10.8. The number of ether oxygens (including phenoxy) is 6. The van der Waals surface area contributed by atoms with Gasteiger partial charge in [0.1, 0.15) is 24.9 Å². The summed E-state index contributed by atoms with van der Waals surface area (Å²) in [6.07, 6.45) is 0.0452. The van der Waals surface area contributed by atoms with Crippen LogP contribution in [0.3, 0.4) is 0 Å². The highest BCUT2D eigenvalue weighted by Crippen LogP contribution is 2.31. The molecule has 0 saturated carbocycles. The molecule has 43 heavy (non-hydrogen) atoms. The van der Waals surface area contributed by atoms with Gasteiger partial charge < -0.3 is 43.7 Å². The van der Waals surface area contributed by atoms with Crippen molar-refractivity contribution in [2.24, 2.45) is 0 Å². The van der Waals surface area contributed by atoms with Gasteiger partial charge in [-0.3, -0.25) is 19.2 Å². The third-order valence-corrected chi connectivity index (χ3v) is 6.88. The Hall–Kier alpha value is -2.32. The van der Waals surface area contributed by atoms with Gasteiger partial charge >= 0.3 is 23.9 Å². The lowest BCUT2D eigenvalue weighted by atomic mass is 9.98. The van der Waals surface area contributed by atoms with Crippen molar-refractivity contribution < 1.29 is 62.9 Å². The normalized spacial score (nSPS) is 23.2. The molecule has 0 radical (unpaired) electrons. The van der Waals surface area contributed by atoms with E-state index in [0.717, 1.165) is 32.6 Å². The first-order valence-electron chi connectivity index (χ1n) is 15.5. The van der Waals surface area contributed by atoms with Crippen molar-refractivity contribution >= 4 is 23.9 Å². The monoisotopic (exact) mass is 620 g/mol. The Bertz CT molecular complexity index is 820. The summed E-state index contributed by atoms with van der Waals surface area (Å²) in [4.78, 5) is 49.2. The fourth-order valence-corrected chi connectivity index (χ4v) is 4.57. The van der Waals surface area contributed by atoms with Crippen LogP contribution in [-0.4, -0.2) is 102 Å². The van der Waals surface area contributed by atoms with E-state index in [1.165, 1.54) is 32.6 Å². The van der Waals surface area contributed by atoms with Crippen molar-refractivity contribution in [2.75, 3.05) is 19.8 Å². The van der Waals surface area contributed by atoms with Crippen LogP contribution in [-0.2, 0) is 47.6 Å². The number of aliphatic hydroxyl groups is 3. The zero-order valence-electron chi connectivity index (χ0n) is 26.1. The van der Waals surface area contributed by atoms with Crippen molar-refractivity contribution in [2.45, 2.75) is 148 Å². The standard InChI is InChI=1S/C30H52O13/c1-5-7-8-9-10-11-12-13-14-16-26(37)42-28-27(40-21(4)33)24(19-38-20(3)32)41-30(29(28)43-25(36)15-6-2)39-18-23(35)22(34)17-31/h22-24,27-31,34-35H,5-19H2,1-4H3/t22-,23+,24-,27-,28+,29+,30-/m1/s1. The smallest absolute Gasteiger partial charge is 0.306 e. The second-order valence-corrected chi connectivity index (χ2v) is 10.8. The van der Waals surface area contributed by atoms with Gasteiger partial charge in [-0.05, 0) is 12.8 Å². The van der Waals surface area contributed by atoms with E-state index in [9.17, 15) is 29.4 Å². The molecule has 0 spiro atoms. The first kappa shape index (κ1) is 38.7. The third kappa shape index (κ3) is 15.8. The third-order valence-electron chi connectivity index (χ3n) is 6.88. The van der Waals surface area contributed by atoms with Crippen molar-refractivity contribution in [1.29, 1.82) is 0 Å². The molecule has 250 valence electrons. The molecule has 13 heteroatoms. The lowest BCUT2D eigenvalue weighted by molar-refractivity contribution is -0.312. The second kappa shape index (κ2) is 22.2. The number of aliphatic hydroxyl groups excluding tert-OH is 3. The van der Waals surface area contributed by atoms with Gasteiger partial charge in [0.15, 0.2) is 24.6 Å². The average molecular weight is 621 g/mol. The first-order chi connectivity index (χ1) is 20.5. The Kier molecular flexibility index (Phi) is 20.0. The highest BCUT2D eigenvalue weighted by Gasteiger charge is 2.53. The number of rotatable bonds is 22. The molecular weight excluding hydrogens is 568 g/mol. The molecule has 1 fully saturated rings. The molecule has 0 aromatic carbocycles. The van der Waals surface area contributed by atoms with Gasteiger partial charge in [0, 0.05) is 26.7 Å². The molecule has 3 N–H and O–H groups in total. The summed E-state index contributed by atoms with van der Waals surface area (Å²) < 4.78 is 33.4. The van der Waals surface area contributed by atoms with Crippen LogP contribution in [0.4, 0.5) is 0 Å². The Labute approximate surface area is 254 Å². The van der Waals surface area contributed by atoms with Gasteiger partial charge in [-0.2, -0.15) is 0 Å². The van der Waals surface area contributed by atoms with Gasteiger partial charge in [0.05, 0.1) is 13.2 Å². The molecule has 0 bridgehead atoms. The summed E-state index contributed by atoms with van der Waals surface area (Å²) in [6.45, 7) is 4.52. The van der Waals surface area contributed by atoms with E-state index in [2.05, 4.69) is 6.92 Å². The molecule has 0 aliphatic carbocycles. The fraction of sp³-hybridized carbons (Fsp3) is 0.867. The largest absolute Gasteiger partial charge is 0.463 e. The van der Waals surface area contributed by atoms with E-state index < -0.39 is 86.6 Å². The topological polar surface area (TPSA) is 184 Å². The molecular formula is C30H52O13. The quantitative estimate of drug-likeness (QED) is 0.0912. The lowest BCUT2D eigenvalue weighted by Crippen LogP contribution is -2.63. The Morgan fingerprint density at radius 1 is 0.698 bits per heavy atom. The maximum Gasteiger partial charge on any atom is 0.306 e. The van der Waals surface area contributed by atoms with Crippen LogP contribution >= 0.6 is 0 Å². The minimum Gasteiger partial charge on any atom is -0.463 e.